The van der Waals surface area contributed by atoms with Gasteiger partial charge in [-0.3, -0.25) is 0 Å². The van der Waals surface area contributed by atoms with Gasteiger partial charge in [0.1, 0.15) is 7.05 Å². The summed E-state index contributed by atoms with van der Waals surface area (Å²) in [5, 5.41) is 8.75. The van der Waals surface area contributed by atoms with Crippen LogP contribution in [0.4, 0.5) is 0 Å². The zero-order chi connectivity index (χ0) is 25.9. The molecule has 0 aliphatic heterocycles. The number of benzene rings is 3. The zero-order valence-corrected chi connectivity index (χ0v) is 24.6. The van der Waals surface area contributed by atoms with Crippen molar-refractivity contribution in [2.24, 2.45) is 12.5 Å². The van der Waals surface area contributed by atoms with Gasteiger partial charge in [-0.25, -0.2) is 4.57 Å². The molecule has 0 aliphatic rings. The van der Waals surface area contributed by atoms with Gasteiger partial charge >= 0.3 is 0 Å². The predicted octanol–water partition coefficient (Wildman–Crippen LogP) is 7.87. The first-order chi connectivity index (χ1) is 16.8. The van der Waals surface area contributed by atoms with E-state index < -0.39 is 8.07 Å². The van der Waals surface area contributed by atoms with E-state index in [-0.39, 0.29) is 5.41 Å². The van der Waals surface area contributed by atoms with E-state index in [9.17, 15) is 0 Å². The van der Waals surface area contributed by atoms with Crippen LogP contribution in [0, 0.1) is 26.2 Å². The van der Waals surface area contributed by atoms with Gasteiger partial charge in [0.25, 0.3) is 0 Å². The Kier molecular flexibility index (Phi) is 4.77. The Morgan fingerprint density at radius 3 is 2.19 bits per heavy atom. The predicted molar refractivity (Wildman–Crippen MR) is 160 cm³/mol. The van der Waals surface area contributed by atoms with Crippen LogP contribution < -0.4 is 9.75 Å². The smallest absolute Gasteiger partial charge is 0.224 e. The molecule has 0 N–H and O–H groups in total. The van der Waals surface area contributed by atoms with Crippen LogP contribution in [-0.2, 0) is 13.5 Å². The van der Waals surface area contributed by atoms with Crippen molar-refractivity contribution in [3.8, 4) is 0 Å². The number of fused-ring (bicyclic) bond motifs is 6. The second kappa shape index (κ2) is 7.32. The average molecular weight is 492 g/mol. The molecule has 0 bridgehead atoms. The Balaban J connectivity index is 2.07. The SMILES string of the molecule is Cc1cc(C)c2c(c1C)c1c3c(cc([Si](C)(C)C)c4c5ccccc5n2c43)c(CC(C)(C)C)c[n+]1C. The monoisotopic (exact) mass is 491 g/mol. The first-order valence-electron chi connectivity index (χ1n) is 13.3. The highest BCUT2D eigenvalue weighted by atomic mass is 28.3. The van der Waals surface area contributed by atoms with Crippen molar-refractivity contribution < 1.29 is 4.57 Å². The molecule has 0 saturated heterocycles. The maximum atomic E-state index is 2.63. The zero-order valence-electron chi connectivity index (χ0n) is 23.6. The largest absolute Gasteiger partial charge is 0.307 e. The molecule has 0 spiro atoms. The van der Waals surface area contributed by atoms with E-state index in [0.717, 1.165) is 6.42 Å². The van der Waals surface area contributed by atoms with Crippen LogP contribution in [-0.4, -0.2) is 12.5 Å². The standard InChI is InChI=1S/C33H39N2Si/c1-19-15-20(2)30-27(21(19)3)31-29-24(22(18-34(31)7)17-33(4,5)6)16-26(36(8,9)10)28-23-13-11-12-14-25(23)35(30)32(28)29/h11-16,18H,17H2,1-10H3/q+1. The highest BCUT2D eigenvalue weighted by Gasteiger charge is 2.32. The molecule has 36 heavy (non-hydrogen) atoms. The highest BCUT2D eigenvalue weighted by molar-refractivity contribution is 6.91. The number of pyridine rings is 2. The minimum atomic E-state index is -1.65. The van der Waals surface area contributed by atoms with Crippen molar-refractivity contribution in [1.29, 1.82) is 0 Å². The van der Waals surface area contributed by atoms with E-state index in [2.05, 4.69) is 120 Å². The number of aryl methyl sites for hydroxylation is 4. The number of hydrogen-bond acceptors (Lipinski definition) is 0. The molecule has 184 valence electrons. The number of hydrogen-bond donors (Lipinski definition) is 0. The van der Waals surface area contributed by atoms with Gasteiger partial charge in [0.05, 0.1) is 35.4 Å². The lowest BCUT2D eigenvalue weighted by atomic mass is 9.86. The van der Waals surface area contributed by atoms with Crippen LogP contribution in [0.25, 0.3) is 49.0 Å². The first kappa shape index (κ1) is 23.5. The lowest BCUT2D eigenvalue weighted by Crippen LogP contribution is -2.39. The van der Waals surface area contributed by atoms with Crippen molar-refractivity contribution in [3.63, 3.8) is 0 Å². The van der Waals surface area contributed by atoms with Gasteiger partial charge < -0.3 is 4.40 Å². The third-order valence-corrected chi connectivity index (χ3v) is 10.2. The Hall–Kier alpha value is -2.91. The third-order valence-electron chi connectivity index (χ3n) is 8.22. The summed E-state index contributed by atoms with van der Waals surface area (Å²) in [7, 11) is 0.610. The first-order valence-corrected chi connectivity index (χ1v) is 16.8. The van der Waals surface area contributed by atoms with E-state index in [1.807, 2.05) is 0 Å². The summed E-state index contributed by atoms with van der Waals surface area (Å²) < 4.78 is 5.06. The second-order valence-corrected chi connectivity index (χ2v) is 18.4. The van der Waals surface area contributed by atoms with Crippen molar-refractivity contribution >= 4 is 62.3 Å². The molecule has 0 radical (unpaired) electrons. The molecule has 3 heteroatoms. The van der Waals surface area contributed by atoms with Crippen LogP contribution in [0.1, 0.15) is 43.0 Å². The molecule has 0 atom stereocenters. The molecular weight excluding hydrogens is 452 g/mol. The number of aromatic nitrogens is 2. The van der Waals surface area contributed by atoms with Gasteiger partial charge in [0, 0.05) is 16.3 Å². The number of rotatable bonds is 2. The van der Waals surface area contributed by atoms with Crippen molar-refractivity contribution in [1.82, 2.24) is 4.40 Å². The summed E-state index contributed by atoms with van der Waals surface area (Å²) in [4.78, 5) is 0. The molecular formula is C33H39N2Si+. The summed E-state index contributed by atoms with van der Waals surface area (Å²) >= 11 is 0. The van der Waals surface area contributed by atoms with Crippen LogP contribution in [0.2, 0.25) is 19.6 Å². The van der Waals surface area contributed by atoms with Gasteiger partial charge in [-0.1, -0.05) is 70.7 Å². The third kappa shape index (κ3) is 3.11. The van der Waals surface area contributed by atoms with Gasteiger partial charge in [-0.05, 0) is 65.9 Å². The fourth-order valence-electron chi connectivity index (χ4n) is 6.69. The van der Waals surface area contributed by atoms with Crippen LogP contribution in [0.3, 0.4) is 0 Å². The molecule has 0 unspecified atom stereocenters. The molecule has 0 fully saturated rings. The molecule has 3 aromatic carbocycles. The van der Waals surface area contributed by atoms with E-state index in [0.29, 0.717) is 0 Å². The highest BCUT2D eigenvalue weighted by Crippen LogP contribution is 2.43. The van der Waals surface area contributed by atoms with E-state index in [1.165, 1.54) is 71.3 Å². The summed E-state index contributed by atoms with van der Waals surface area (Å²) in [6, 6.07) is 14.1. The lowest BCUT2D eigenvalue weighted by Gasteiger charge is -2.24. The van der Waals surface area contributed by atoms with Crippen molar-refractivity contribution in [2.45, 2.75) is 67.6 Å². The van der Waals surface area contributed by atoms with Crippen LogP contribution in [0.5, 0.6) is 0 Å². The Morgan fingerprint density at radius 1 is 0.833 bits per heavy atom. The second-order valence-electron chi connectivity index (χ2n) is 13.4. The van der Waals surface area contributed by atoms with Crippen LogP contribution >= 0.6 is 0 Å². The Bertz CT molecular complexity index is 1860. The minimum Gasteiger partial charge on any atom is -0.307 e. The van der Waals surface area contributed by atoms with Crippen molar-refractivity contribution in [3.05, 3.63) is 64.8 Å². The molecule has 0 aliphatic carbocycles. The Morgan fingerprint density at radius 2 is 1.53 bits per heavy atom. The van der Waals surface area contributed by atoms with Gasteiger partial charge in [0.15, 0.2) is 6.20 Å². The maximum absolute atomic E-state index is 2.63. The molecule has 6 rings (SSSR count). The lowest BCUT2D eigenvalue weighted by molar-refractivity contribution is -0.644. The van der Waals surface area contributed by atoms with Gasteiger partial charge in [0.2, 0.25) is 5.52 Å². The topological polar surface area (TPSA) is 8.29 Å². The number of nitrogens with zero attached hydrogens (tertiary/aromatic N) is 2. The summed E-state index contributed by atoms with van der Waals surface area (Å²) in [5.74, 6) is 0. The summed E-state index contributed by atoms with van der Waals surface area (Å²) in [6.45, 7) is 21.5. The molecule has 0 saturated carbocycles. The molecule has 0 amide bonds. The summed E-state index contributed by atoms with van der Waals surface area (Å²) in [5.41, 5.74) is 11.3. The quantitative estimate of drug-likeness (QED) is 0.101. The minimum absolute atomic E-state index is 0.216. The number of para-hydroxylation sites is 1. The molecule has 3 heterocycles. The van der Waals surface area contributed by atoms with E-state index in [4.69, 9.17) is 0 Å². The van der Waals surface area contributed by atoms with Gasteiger partial charge in [-0.15, -0.1) is 0 Å². The van der Waals surface area contributed by atoms with E-state index >= 15 is 0 Å². The summed E-state index contributed by atoms with van der Waals surface area (Å²) in [6.07, 6.45) is 3.50. The Labute approximate surface area is 215 Å². The fourth-order valence-corrected chi connectivity index (χ4v) is 8.27. The normalized spacial score (nSPS) is 13.4. The van der Waals surface area contributed by atoms with Gasteiger partial charge in [-0.2, -0.15) is 0 Å². The average Bonchev–Trinajstić information content (AvgIpc) is 3.11. The van der Waals surface area contributed by atoms with Crippen LogP contribution in [0.15, 0.2) is 42.6 Å². The van der Waals surface area contributed by atoms with Crippen molar-refractivity contribution in [2.75, 3.05) is 0 Å². The van der Waals surface area contributed by atoms with E-state index in [1.54, 1.807) is 5.19 Å². The molecule has 3 aromatic heterocycles. The fraction of sp³-hybridized carbons (Fsp3) is 0.364. The molecule has 2 nitrogen and oxygen atoms in total. The molecule has 6 aromatic rings. The maximum Gasteiger partial charge on any atom is 0.224 e.